The van der Waals surface area contributed by atoms with Crippen LogP contribution in [0.2, 0.25) is 0 Å². The molecule has 0 aromatic carbocycles. The van der Waals surface area contributed by atoms with Crippen LogP contribution in [0.3, 0.4) is 0 Å². The molecule has 0 radical (unpaired) electrons. The number of ketones is 1. The molecule has 0 atom stereocenters. The van der Waals surface area contributed by atoms with Crippen LogP contribution in [-0.4, -0.2) is 15.9 Å². The molecule has 0 amide bonds. The lowest BCUT2D eigenvalue weighted by atomic mass is 9.86. The lowest BCUT2D eigenvalue weighted by Crippen LogP contribution is -2.16. The highest BCUT2D eigenvalue weighted by molar-refractivity contribution is 5.79. The van der Waals surface area contributed by atoms with Crippen LogP contribution in [0.25, 0.3) is 0 Å². The zero-order valence-electron chi connectivity index (χ0n) is 8.32. The third-order valence-electron chi connectivity index (χ3n) is 2.70. The van der Waals surface area contributed by atoms with Crippen LogP contribution in [0, 0.1) is 12.8 Å². The van der Waals surface area contributed by atoms with Crippen molar-refractivity contribution in [1.82, 2.24) is 10.1 Å². The van der Waals surface area contributed by atoms with E-state index in [-0.39, 0.29) is 0 Å². The lowest BCUT2D eigenvalue weighted by Gasteiger charge is -2.18. The molecule has 0 saturated heterocycles. The van der Waals surface area contributed by atoms with Crippen molar-refractivity contribution in [2.75, 3.05) is 0 Å². The summed E-state index contributed by atoms with van der Waals surface area (Å²) in [5.74, 6) is 2.35. The van der Waals surface area contributed by atoms with Gasteiger partial charge in [-0.1, -0.05) is 5.16 Å². The monoisotopic (exact) mass is 194 g/mol. The van der Waals surface area contributed by atoms with Gasteiger partial charge in [0.25, 0.3) is 0 Å². The second-order valence-corrected chi connectivity index (χ2v) is 3.92. The molecular formula is C10H14N2O2. The van der Waals surface area contributed by atoms with E-state index < -0.39 is 0 Å². The molecule has 4 heteroatoms. The summed E-state index contributed by atoms with van der Waals surface area (Å²) in [5, 5.41) is 3.86. The fourth-order valence-corrected chi connectivity index (χ4v) is 1.89. The highest BCUT2D eigenvalue weighted by Crippen LogP contribution is 2.24. The maximum atomic E-state index is 11.0. The summed E-state index contributed by atoms with van der Waals surface area (Å²) in [4.78, 5) is 15.2. The summed E-state index contributed by atoms with van der Waals surface area (Å²) in [6.07, 6.45) is 4.26. The van der Waals surface area contributed by atoms with Crippen molar-refractivity contribution in [2.24, 2.45) is 5.92 Å². The smallest absolute Gasteiger partial charge is 0.223 e. The molecule has 1 saturated carbocycles. The van der Waals surface area contributed by atoms with Gasteiger partial charge in [0.1, 0.15) is 5.78 Å². The predicted molar refractivity (Wildman–Crippen MR) is 49.7 cm³/mol. The van der Waals surface area contributed by atoms with Gasteiger partial charge in [0, 0.05) is 26.2 Å². The predicted octanol–water partition coefficient (Wildman–Crippen LogP) is 1.68. The molecule has 1 aliphatic carbocycles. The van der Waals surface area contributed by atoms with Crippen molar-refractivity contribution in [2.45, 2.75) is 39.0 Å². The van der Waals surface area contributed by atoms with E-state index in [4.69, 9.17) is 4.52 Å². The van der Waals surface area contributed by atoms with Crippen molar-refractivity contribution in [1.29, 1.82) is 0 Å². The van der Waals surface area contributed by atoms with E-state index in [2.05, 4.69) is 10.1 Å². The van der Waals surface area contributed by atoms with Crippen molar-refractivity contribution >= 4 is 5.78 Å². The average Bonchev–Trinajstić information content (AvgIpc) is 2.56. The summed E-state index contributed by atoms with van der Waals surface area (Å²) >= 11 is 0. The first kappa shape index (κ1) is 9.37. The first-order chi connectivity index (χ1) is 6.74. The molecule has 1 heterocycles. The quantitative estimate of drug-likeness (QED) is 0.718. The van der Waals surface area contributed by atoms with E-state index in [0.717, 1.165) is 37.9 Å². The highest BCUT2D eigenvalue weighted by atomic mass is 16.5. The molecule has 0 aliphatic heterocycles. The molecule has 76 valence electrons. The third-order valence-corrected chi connectivity index (χ3v) is 2.70. The van der Waals surface area contributed by atoms with Crippen molar-refractivity contribution < 1.29 is 9.32 Å². The maximum absolute atomic E-state index is 11.0. The molecule has 4 nitrogen and oxygen atoms in total. The Hall–Kier alpha value is -1.19. The second-order valence-electron chi connectivity index (χ2n) is 3.92. The number of Topliss-reactive ketones (excluding diaryl/α,β-unsaturated/α-hetero) is 1. The van der Waals surface area contributed by atoms with Gasteiger partial charge >= 0.3 is 0 Å². The topological polar surface area (TPSA) is 56.0 Å². The first-order valence-electron chi connectivity index (χ1n) is 5.05. The summed E-state index contributed by atoms with van der Waals surface area (Å²) in [6, 6.07) is 0. The number of carbonyl (C=O) groups excluding carboxylic acids is 1. The summed E-state index contributed by atoms with van der Waals surface area (Å²) < 4.78 is 4.90. The zero-order valence-corrected chi connectivity index (χ0v) is 8.32. The maximum Gasteiger partial charge on any atom is 0.223 e. The fraction of sp³-hybridized carbons (Fsp3) is 0.700. The molecule has 1 aromatic heterocycles. The Kier molecular flexibility index (Phi) is 2.61. The molecule has 0 bridgehead atoms. The van der Waals surface area contributed by atoms with Gasteiger partial charge in [0.15, 0.2) is 5.82 Å². The summed E-state index contributed by atoms with van der Waals surface area (Å²) in [5.41, 5.74) is 0. The van der Waals surface area contributed by atoms with E-state index in [0.29, 0.717) is 17.6 Å². The highest BCUT2D eigenvalue weighted by Gasteiger charge is 2.20. The van der Waals surface area contributed by atoms with E-state index in [9.17, 15) is 4.79 Å². The van der Waals surface area contributed by atoms with E-state index in [1.165, 1.54) is 0 Å². The molecule has 0 spiro atoms. The molecular weight excluding hydrogens is 180 g/mol. The van der Waals surface area contributed by atoms with Crippen LogP contribution in [0.4, 0.5) is 0 Å². The molecule has 0 unspecified atom stereocenters. The number of hydrogen-bond acceptors (Lipinski definition) is 4. The lowest BCUT2D eigenvalue weighted by molar-refractivity contribution is -0.121. The van der Waals surface area contributed by atoms with Crippen LogP contribution in [0.5, 0.6) is 0 Å². The molecule has 0 N–H and O–H groups in total. The van der Waals surface area contributed by atoms with Crippen molar-refractivity contribution in [3.05, 3.63) is 11.7 Å². The number of aryl methyl sites for hydroxylation is 1. The van der Waals surface area contributed by atoms with Crippen molar-refractivity contribution in [3.8, 4) is 0 Å². The molecule has 1 aromatic rings. The number of carbonyl (C=O) groups is 1. The summed E-state index contributed by atoms with van der Waals surface area (Å²) in [7, 11) is 0. The van der Waals surface area contributed by atoms with Gasteiger partial charge in [-0.2, -0.15) is 4.98 Å². The molecule has 2 rings (SSSR count). The SMILES string of the molecule is Cc1nc(CC2CCC(=O)CC2)no1. The van der Waals surface area contributed by atoms with Gasteiger partial charge in [0.2, 0.25) is 5.89 Å². The minimum atomic E-state index is 0.394. The number of aromatic nitrogens is 2. The fourth-order valence-electron chi connectivity index (χ4n) is 1.89. The molecule has 1 fully saturated rings. The summed E-state index contributed by atoms with van der Waals surface area (Å²) in [6.45, 7) is 1.79. The van der Waals surface area contributed by atoms with E-state index >= 15 is 0 Å². The Bertz CT molecular complexity index is 323. The van der Waals surface area contributed by atoms with Gasteiger partial charge in [-0.15, -0.1) is 0 Å². The van der Waals surface area contributed by atoms with Crippen LogP contribution in [-0.2, 0) is 11.2 Å². The Morgan fingerprint density at radius 2 is 2.14 bits per heavy atom. The van der Waals surface area contributed by atoms with Crippen LogP contribution in [0.1, 0.15) is 37.4 Å². The molecule has 14 heavy (non-hydrogen) atoms. The third kappa shape index (κ3) is 2.19. The van der Waals surface area contributed by atoms with Gasteiger partial charge in [-0.25, -0.2) is 0 Å². The minimum Gasteiger partial charge on any atom is -0.340 e. The van der Waals surface area contributed by atoms with Crippen LogP contribution < -0.4 is 0 Å². The Morgan fingerprint density at radius 1 is 1.43 bits per heavy atom. The van der Waals surface area contributed by atoms with Crippen LogP contribution in [0.15, 0.2) is 4.52 Å². The largest absolute Gasteiger partial charge is 0.340 e. The average molecular weight is 194 g/mol. The number of nitrogens with zero attached hydrogens (tertiary/aromatic N) is 2. The van der Waals surface area contributed by atoms with Crippen LogP contribution >= 0.6 is 0 Å². The zero-order chi connectivity index (χ0) is 9.97. The number of hydrogen-bond donors (Lipinski definition) is 0. The van der Waals surface area contributed by atoms with Gasteiger partial charge in [0.05, 0.1) is 0 Å². The standard InChI is InChI=1S/C10H14N2O2/c1-7-11-10(12-14-7)6-8-2-4-9(13)5-3-8/h8H,2-6H2,1H3. The Balaban J connectivity index is 1.89. The van der Waals surface area contributed by atoms with Crippen molar-refractivity contribution in [3.63, 3.8) is 0 Å². The van der Waals surface area contributed by atoms with Gasteiger partial charge in [-0.3, -0.25) is 4.79 Å². The minimum absolute atomic E-state index is 0.394. The van der Waals surface area contributed by atoms with Gasteiger partial charge in [-0.05, 0) is 18.8 Å². The second kappa shape index (κ2) is 3.90. The van der Waals surface area contributed by atoms with E-state index in [1.54, 1.807) is 6.92 Å². The Morgan fingerprint density at radius 3 is 2.71 bits per heavy atom. The van der Waals surface area contributed by atoms with E-state index in [1.807, 2.05) is 0 Å². The van der Waals surface area contributed by atoms with Gasteiger partial charge < -0.3 is 4.52 Å². The first-order valence-corrected chi connectivity index (χ1v) is 5.05. The molecule has 1 aliphatic rings. The Labute approximate surface area is 82.7 Å². The number of rotatable bonds is 2. The normalized spacial score (nSPS) is 18.8.